The molecule has 4 aliphatic rings. The number of ether oxygens (including phenoxy) is 1. The third-order valence-electron chi connectivity index (χ3n) is 8.98. The lowest BCUT2D eigenvalue weighted by atomic mass is 9.47. The van der Waals surface area contributed by atoms with E-state index in [1.165, 1.54) is 7.11 Å². The summed E-state index contributed by atoms with van der Waals surface area (Å²) in [6.45, 7) is 4.53. The minimum atomic E-state index is -1.51. The molecule has 0 N–H and O–H groups in total. The summed E-state index contributed by atoms with van der Waals surface area (Å²) in [4.78, 5) is 25.9. The highest BCUT2D eigenvalue weighted by atomic mass is 19.1. The van der Waals surface area contributed by atoms with Crippen molar-refractivity contribution in [3.8, 4) is 0 Å². The largest absolute Gasteiger partial charge is 0.467 e. The minimum Gasteiger partial charge on any atom is -0.467 e. The first-order chi connectivity index (χ1) is 12.7. The molecule has 4 rings (SSSR count). The fraction of sp³-hybridized carbons (Fsp3) is 0.818. The molecular weight excluding hydrogens is 345 g/mol. The van der Waals surface area contributed by atoms with Gasteiger partial charge in [-0.2, -0.15) is 0 Å². The number of carbonyl (C=O) groups is 2. The maximum absolute atomic E-state index is 14.9. The van der Waals surface area contributed by atoms with Crippen molar-refractivity contribution in [2.75, 3.05) is 14.2 Å². The summed E-state index contributed by atoms with van der Waals surface area (Å²) in [6, 6.07) is 0.266. The van der Waals surface area contributed by atoms with Crippen LogP contribution < -0.4 is 0 Å². The third kappa shape index (κ3) is 2.52. The van der Waals surface area contributed by atoms with E-state index < -0.39 is 12.1 Å². The number of nitrogens with zero attached hydrogens (tertiary/aromatic N) is 1. The Hall–Kier alpha value is -1.39. The number of halogens is 1. The van der Waals surface area contributed by atoms with Gasteiger partial charge in [-0.3, -0.25) is 4.79 Å². The predicted molar refractivity (Wildman–Crippen MR) is 100 cm³/mol. The molecule has 5 heteroatoms. The van der Waals surface area contributed by atoms with Crippen molar-refractivity contribution in [1.29, 1.82) is 0 Å². The SMILES string of the molecule is COC(=O)C(F)C1CCC2C3CCC4N(C)C(=O)C=CC4(C)C3CC[C@]12C. The average Bonchev–Trinajstić information content (AvgIpc) is 3.01. The Morgan fingerprint density at radius 1 is 1.22 bits per heavy atom. The van der Waals surface area contributed by atoms with Crippen LogP contribution in [-0.2, 0) is 14.3 Å². The van der Waals surface area contributed by atoms with Crippen molar-refractivity contribution >= 4 is 11.9 Å². The molecule has 27 heavy (non-hydrogen) atoms. The van der Waals surface area contributed by atoms with Gasteiger partial charge in [0.25, 0.3) is 0 Å². The number of hydrogen-bond acceptors (Lipinski definition) is 3. The van der Waals surface area contributed by atoms with E-state index in [-0.39, 0.29) is 28.7 Å². The van der Waals surface area contributed by atoms with E-state index in [0.717, 1.165) is 38.5 Å². The van der Waals surface area contributed by atoms with Gasteiger partial charge in [0.2, 0.25) is 12.1 Å². The van der Waals surface area contributed by atoms with Crippen LogP contribution in [0.2, 0.25) is 0 Å². The number of methoxy groups -OCH3 is 1. The van der Waals surface area contributed by atoms with Crippen LogP contribution in [-0.4, -0.2) is 43.1 Å². The standard InChI is InChI=1S/C22H32FNO3/c1-21-11-9-15-13(14(21)6-7-16(21)19(23)20(26)27-4)5-8-17-22(15,2)12-10-18(25)24(17)3/h10,12-17,19H,5-9,11H2,1-4H3/t13?,14?,15?,16?,17?,19?,21-,22?/m0/s1. The summed E-state index contributed by atoms with van der Waals surface area (Å²) >= 11 is 0. The second-order valence-corrected chi connectivity index (χ2v) is 9.77. The molecule has 4 nitrogen and oxygen atoms in total. The molecule has 0 saturated heterocycles. The molecule has 0 spiro atoms. The molecule has 0 aromatic heterocycles. The van der Waals surface area contributed by atoms with Gasteiger partial charge < -0.3 is 9.64 Å². The number of fused-ring (bicyclic) bond motifs is 5. The number of amides is 1. The monoisotopic (exact) mass is 377 g/mol. The van der Waals surface area contributed by atoms with Gasteiger partial charge in [-0.05, 0) is 67.8 Å². The molecule has 7 unspecified atom stereocenters. The maximum Gasteiger partial charge on any atom is 0.340 e. The van der Waals surface area contributed by atoms with Crippen molar-refractivity contribution in [2.24, 2.45) is 34.5 Å². The van der Waals surface area contributed by atoms with E-state index in [2.05, 4.69) is 19.9 Å². The third-order valence-corrected chi connectivity index (χ3v) is 8.98. The molecular formula is C22H32FNO3. The Bertz CT molecular complexity index is 678. The Morgan fingerprint density at radius 2 is 1.96 bits per heavy atom. The Kier molecular flexibility index (Phi) is 4.43. The first kappa shape index (κ1) is 18.9. The van der Waals surface area contributed by atoms with Gasteiger partial charge in [0, 0.05) is 24.4 Å². The van der Waals surface area contributed by atoms with Crippen molar-refractivity contribution in [3.05, 3.63) is 12.2 Å². The van der Waals surface area contributed by atoms with Crippen LogP contribution in [0.5, 0.6) is 0 Å². The first-order valence-electron chi connectivity index (χ1n) is 10.4. The molecule has 150 valence electrons. The van der Waals surface area contributed by atoms with Crippen molar-refractivity contribution < 1.29 is 18.7 Å². The van der Waals surface area contributed by atoms with Gasteiger partial charge in [0.1, 0.15) is 0 Å². The number of hydrogen-bond donors (Lipinski definition) is 0. The smallest absolute Gasteiger partial charge is 0.340 e. The summed E-state index contributed by atoms with van der Waals surface area (Å²) in [5, 5.41) is 0. The number of carbonyl (C=O) groups excluding carboxylic acids is 2. The highest BCUT2D eigenvalue weighted by Gasteiger charge is 2.62. The van der Waals surface area contributed by atoms with Crippen LogP contribution in [0.25, 0.3) is 0 Å². The fourth-order valence-corrected chi connectivity index (χ4v) is 7.54. The van der Waals surface area contributed by atoms with Gasteiger partial charge in [0.15, 0.2) is 0 Å². The summed E-state index contributed by atoms with van der Waals surface area (Å²) in [6.07, 6.45) is 8.28. The molecule has 3 fully saturated rings. The normalized spacial score (nSPS) is 47.1. The molecule has 1 amide bonds. The summed E-state index contributed by atoms with van der Waals surface area (Å²) in [5.41, 5.74) is -0.124. The Balaban J connectivity index is 1.62. The van der Waals surface area contributed by atoms with Crippen molar-refractivity contribution in [2.45, 2.75) is 64.6 Å². The zero-order chi connectivity index (χ0) is 19.6. The number of likely N-dealkylation sites (N-methyl/N-ethyl adjacent to an activating group) is 1. The molecule has 3 saturated carbocycles. The van der Waals surface area contributed by atoms with Gasteiger partial charge in [-0.25, -0.2) is 9.18 Å². The molecule has 1 aliphatic heterocycles. The lowest BCUT2D eigenvalue weighted by Gasteiger charge is -2.60. The molecule has 0 radical (unpaired) electrons. The van der Waals surface area contributed by atoms with E-state index >= 15 is 0 Å². The fourth-order valence-electron chi connectivity index (χ4n) is 7.54. The minimum absolute atomic E-state index is 0.00244. The second-order valence-electron chi connectivity index (χ2n) is 9.77. The van der Waals surface area contributed by atoms with Crippen LogP contribution in [0.3, 0.4) is 0 Å². The Labute approximate surface area is 161 Å². The molecule has 1 heterocycles. The quantitative estimate of drug-likeness (QED) is 0.689. The molecule has 3 aliphatic carbocycles. The summed E-state index contributed by atoms with van der Waals surface area (Å²) < 4.78 is 19.6. The summed E-state index contributed by atoms with van der Waals surface area (Å²) in [7, 11) is 3.20. The first-order valence-corrected chi connectivity index (χ1v) is 10.4. The van der Waals surface area contributed by atoms with E-state index in [1.54, 1.807) is 6.08 Å². The molecule has 8 atom stereocenters. The number of alkyl halides is 1. The summed E-state index contributed by atoms with van der Waals surface area (Å²) in [5.74, 6) is 0.693. The molecule has 0 aromatic rings. The zero-order valence-corrected chi connectivity index (χ0v) is 16.9. The zero-order valence-electron chi connectivity index (χ0n) is 16.9. The van der Waals surface area contributed by atoms with Crippen molar-refractivity contribution in [3.63, 3.8) is 0 Å². The van der Waals surface area contributed by atoms with E-state index in [4.69, 9.17) is 4.74 Å². The van der Waals surface area contributed by atoms with Gasteiger partial charge in [-0.1, -0.05) is 19.9 Å². The second kappa shape index (κ2) is 6.31. The van der Waals surface area contributed by atoms with Gasteiger partial charge in [0.05, 0.1) is 7.11 Å². The van der Waals surface area contributed by atoms with Crippen LogP contribution in [0.1, 0.15) is 52.4 Å². The van der Waals surface area contributed by atoms with Gasteiger partial charge in [-0.15, -0.1) is 0 Å². The van der Waals surface area contributed by atoms with Gasteiger partial charge >= 0.3 is 5.97 Å². The van der Waals surface area contributed by atoms with Crippen LogP contribution >= 0.6 is 0 Å². The number of esters is 1. The highest BCUT2D eigenvalue weighted by molar-refractivity contribution is 5.89. The lowest BCUT2D eigenvalue weighted by molar-refractivity contribution is -0.153. The van der Waals surface area contributed by atoms with E-state index in [1.807, 2.05) is 11.9 Å². The molecule has 0 aromatic carbocycles. The lowest BCUT2D eigenvalue weighted by Crippen LogP contribution is -2.59. The van der Waals surface area contributed by atoms with Crippen LogP contribution in [0.4, 0.5) is 4.39 Å². The number of rotatable bonds is 2. The van der Waals surface area contributed by atoms with E-state index in [0.29, 0.717) is 17.8 Å². The van der Waals surface area contributed by atoms with Crippen LogP contribution in [0, 0.1) is 34.5 Å². The predicted octanol–water partition coefficient (Wildman–Crippen LogP) is 3.75. The van der Waals surface area contributed by atoms with E-state index in [9.17, 15) is 14.0 Å². The average molecular weight is 378 g/mol. The maximum atomic E-state index is 14.9. The topological polar surface area (TPSA) is 46.6 Å². The Morgan fingerprint density at radius 3 is 2.67 bits per heavy atom. The van der Waals surface area contributed by atoms with Crippen molar-refractivity contribution in [1.82, 2.24) is 4.90 Å². The molecule has 0 bridgehead atoms. The van der Waals surface area contributed by atoms with Crippen LogP contribution in [0.15, 0.2) is 12.2 Å². The highest BCUT2D eigenvalue weighted by Crippen LogP contribution is 2.66.